The molecule has 9 heteroatoms. The molecule has 1 aromatic heterocycles. The second kappa shape index (κ2) is 8.18. The number of rotatable bonds is 5. The number of methoxy groups -OCH3 is 2. The molecule has 0 N–H and O–H groups in total. The number of aromatic nitrogens is 1. The third kappa shape index (κ3) is 4.38. The van der Waals surface area contributed by atoms with Crippen molar-refractivity contribution in [2.75, 3.05) is 20.8 Å². The average molecular weight is 410 g/mol. The van der Waals surface area contributed by atoms with Crippen molar-refractivity contribution in [3.05, 3.63) is 58.0 Å². The summed E-state index contributed by atoms with van der Waals surface area (Å²) in [5.41, 5.74) is -0.791. The fourth-order valence-corrected chi connectivity index (χ4v) is 3.53. The van der Waals surface area contributed by atoms with Crippen molar-refractivity contribution in [1.82, 2.24) is 9.47 Å². The van der Waals surface area contributed by atoms with Crippen molar-refractivity contribution in [1.29, 1.82) is 0 Å². The van der Waals surface area contributed by atoms with Gasteiger partial charge in [-0.2, -0.15) is 13.2 Å². The van der Waals surface area contributed by atoms with E-state index in [0.29, 0.717) is 36.7 Å². The van der Waals surface area contributed by atoms with E-state index in [2.05, 4.69) is 0 Å². The molecule has 1 aliphatic rings. The van der Waals surface area contributed by atoms with Gasteiger partial charge in [0.05, 0.1) is 25.8 Å². The molecule has 1 fully saturated rings. The van der Waals surface area contributed by atoms with Gasteiger partial charge in [-0.15, -0.1) is 0 Å². The Labute approximate surface area is 165 Å². The van der Waals surface area contributed by atoms with Crippen LogP contribution in [-0.4, -0.2) is 36.1 Å². The number of carbonyl (C=O) groups excluding carboxylic acids is 1. The van der Waals surface area contributed by atoms with Crippen LogP contribution < -0.4 is 15.0 Å². The Balaban J connectivity index is 1.84. The number of pyridine rings is 1. The number of nitrogens with zero attached hydrogens (tertiary/aromatic N) is 2. The summed E-state index contributed by atoms with van der Waals surface area (Å²) in [6.45, 7) is 0.0120. The molecule has 1 unspecified atom stereocenters. The Morgan fingerprint density at radius 2 is 1.86 bits per heavy atom. The van der Waals surface area contributed by atoms with Gasteiger partial charge in [-0.1, -0.05) is 6.07 Å². The molecule has 6 nitrogen and oxygen atoms in total. The Morgan fingerprint density at radius 1 is 1.14 bits per heavy atom. The van der Waals surface area contributed by atoms with Crippen LogP contribution in [0.4, 0.5) is 13.2 Å². The number of benzene rings is 1. The van der Waals surface area contributed by atoms with E-state index in [1.807, 2.05) is 6.07 Å². The summed E-state index contributed by atoms with van der Waals surface area (Å²) in [6.07, 6.45) is -2.45. The summed E-state index contributed by atoms with van der Waals surface area (Å²) >= 11 is 0. The largest absolute Gasteiger partial charge is 0.493 e. The number of carbonyl (C=O) groups is 1. The highest BCUT2D eigenvalue weighted by atomic mass is 19.4. The summed E-state index contributed by atoms with van der Waals surface area (Å²) in [5, 5.41) is 0. The number of alkyl halides is 3. The molecular weight excluding hydrogens is 389 g/mol. The molecule has 0 saturated carbocycles. The molecule has 0 spiro atoms. The molecule has 1 amide bonds. The minimum atomic E-state index is -4.59. The van der Waals surface area contributed by atoms with Gasteiger partial charge in [-0.3, -0.25) is 9.59 Å². The summed E-state index contributed by atoms with van der Waals surface area (Å²) in [5.74, 6) is 0.671. The maximum atomic E-state index is 12.9. The minimum Gasteiger partial charge on any atom is -0.493 e. The molecule has 1 aromatic carbocycles. The Morgan fingerprint density at radius 3 is 2.52 bits per heavy atom. The lowest BCUT2D eigenvalue weighted by Crippen LogP contribution is -2.36. The van der Waals surface area contributed by atoms with Crippen LogP contribution in [0.2, 0.25) is 0 Å². The Hall–Kier alpha value is -2.97. The summed E-state index contributed by atoms with van der Waals surface area (Å²) in [4.78, 5) is 26.4. The fraction of sp³-hybridized carbons (Fsp3) is 0.400. The smallest absolute Gasteiger partial charge is 0.417 e. The first-order valence-corrected chi connectivity index (χ1v) is 9.03. The highest BCUT2D eigenvalue weighted by Gasteiger charge is 2.33. The lowest BCUT2D eigenvalue weighted by molar-refractivity contribution is -0.139. The molecule has 2 heterocycles. The average Bonchev–Trinajstić information content (AvgIpc) is 3.18. The van der Waals surface area contributed by atoms with E-state index in [9.17, 15) is 22.8 Å². The van der Waals surface area contributed by atoms with E-state index in [0.717, 1.165) is 22.6 Å². The van der Waals surface area contributed by atoms with Crippen molar-refractivity contribution < 1.29 is 27.4 Å². The van der Waals surface area contributed by atoms with Gasteiger partial charge in [0, 0.05) is 18.8 Å². The maximum Gasteiger partial charge on any atom is 0.417 e. The number of halogens is 3. The number of hydrogen-bond acceptors (Lipinski definition) is 4. The highest BCUT2D eigenvalue weighted by Crippen LogP contribution is 2.37. The predicted molar refractivity (Wildman–Crippen MR) is 98.9 cm³/mol. The first-order chi connectivity index (χ1) is 13.7. The molecule has 2 aromatic rings. The molecule has 0 radical (unpaired) electrons. The number of amides is 1. The van der Waals surface area contributed by atoms with Crippen LogP contribution in [0.3, 0.4) is 0 Å². The molecule has 3 rings (SSSR count). The van der Waals surface area contributed by atoms with Crippen molar-refractivity contribution in [3.63, 3.8) is 0 Å². The standard InChI is InChI=1S/C20H21F3N2O4/c1-28-16-7-5-13(10-17(16)29-2)15-4-3-9-25(15)19(27)12-24-11-14(20(21,22)23)6-8-18(24)26/h5-8,10-11,15H,3-4,9,12H2,1-2H3. The van der Waals surface area contributed by atoms with Crippen LogP contribution >= 0.6 is 0 Å². The quantitative estimate of drug-likeness (QED) is 0.759. The monoisotopic (exact) mass is 410 g/mol. The van der Waals surface area contributed by atoms with E-state index in [-0.39, 0.29) is 6.04 Å². The zero-order chi connectivity index (χ0) is 21.2. The SMILES string of the molecule is COc1ccc(C2CCCN2C(=O)Cn2cc(C(F)(F)F)ccc2=O)cc1OC. The van der Waals surface area contributed by atoms with E-state index < -0.39 is 29.8 Å². The Kier molecular flexibility index (Phi) is 5.86. The molecule has 1 atom stereocenters. The third-order valence-electron chi connectivity index (χ3n) is 4.98. The highest BCUT2D eigenvalue weighted by molar-refractivity contribution is 5.77. The van der Waals surface area contributed by atoms with Crippen LogP contribution in [0.1, 0.15) is 30.0 Å². The van der Waals surface area contributed by atoms with E-state index in [4.69, 9.17) is 9.47 Å². The van der Waals surface area contributed by atoms with Gasteiger partial charge in [-0.05, 0) is 36.6 Å². The normalized spacial score (nSPS) is 16.7. The molecule has 1 aliphatic heterocycles. The van der Waals surface area contributed by atoms with Crippen molar-refractivity contribution in [2.45, 2.75) is 31.6 Å². The van der Waals surface area contributed by atoms with Crippen LogP contribution in [0.5, 0.6) is 11.5 Å². The van der Waals surface area contributed by atoms with Gasteiger partial charge >= 0.3 is 6.18 Å². The second-order valence-electron chi connectivity index (χ2n) is 6.74. The van der Waals surface area contributed by atoms with Crippen LogP contribution in [0.25, 0.3) is 0 Å². The first kappa shape index (κ1) is 20.8. The minimum absolute atomic E-state index is 0.246. The maximum absolute atomic E-state index is 12.9. The van der Waals surface area contributed by atoms with Crippen LogP contribution in [-0.2, 0) is 17.5 Å². The second-order valence-corrected chi connectivity index (χ2v) is 6.74. The Bertz CT molecular complexity index is 955. The zero-order valence-electron chi connectivity index (χ0n) is 16.0. The zero-order valence-corrected chi connectivity index (χ0v) is 16.0. The summed E-state index contributed by atoms with van der Waals surface area (Å²) in [6, 6.07) is 6.65. The van der Waals surface area contributed by atoms with Gasteiger partial charge in [0.25, 0.3) is 5.56 Å². The van der Waals surface area contributed by atoms with Crippen LogP contribution in [0, 0.1) is 0 Å². The molecular formula is C20H21F3N2O4. The first-order valence-electron chi connectivity index (χ1n) is 9.03. The molecule has 0 aliphatic carbocycles. The van der Waals surface area contributed by atoms with E-state index in [1.54, 1.807) is 17.0 Å². The number of hydrogen-bond donors (Lipinski definition) is 0. The van der Waals surface area contributed by atoms with Gasteiger partial charge in [-0.25, -0.2) is 0 Å². The summed E-state index contributed by atoms with van der Waals surface area (Å²) in [7, 11) is 3.04. The molecule has 156 valence electrons. The molecule has 29 heavy (non-hydrogen) atoms. The lowest BCUT2D eigenvalue weighted by Gasteiger charge is -2.26. The number of likely N-dealkylation sites (tertiary alicyclic amines) is 1. The fourth-order valence-electron chi connectivity index (χ4n) is 3.53. The number of ether oxygens (including phenoxy) is 2. The summed E-state index contributed by atoms with van der Waals surface area (Å²) < 4.78 is 50.1. The van der Waals surface area contributed by atoms with Gasteiger partial charge in [0.15, 0.2) is 11.5 Å². The predicted octanol–water partition coefficient (Wildman–Crippen LogP) is 3.25. The van der Waals surface area contributed by atoms with Gasteiger partial charge in [0.2, 0.25) is 5.91 Å². The van der Waals surface area contributed by atoms with Crippen molar-refractivity contribution >= 4 is 5.91 Å². The van der Waals surface area contributed by atoms with Crippen LogP contribution in [0.15, 0.2) is 41.3 Å². The van der Waals surface area contributed by atoms with Crippen molar-refractivity contribution in [2.24, 2.45) is 0 Å². The van der Waals surface area contributed by atoms with Crippen molar-refractivity contribution in [3.8, 4) is 11.5 Å². The topological polar surface area (TPSA) is 60.8 Å². The van der Waals surface area contributed by atoms with Gasteiger partial charge < -0.3 is 18.9 Å². The van der Waals surface area contributed by atoms with E-state index >= 15 is 0 Å². The lowest BCUT2D eigenvalue weighted by atomic mass is 10.0. The molecule has 0 bridgehead atoms. The van der Waals surface area contributed by atoms with Gasteiger partial charge in [0.1, 0.15) is 6.54 Å². The van der Waals surface area contributed by atoms with E-state index in [1.165, 1.54) is 14.2 Å². The molecule has 1 saturated heterocycles. The third-order valence-corrected chi connectivity index (χ3v) is 4.98.